The summed E-state index contributed by atoms with van der Waals surface area (Å²) in [5.74, 6) is 1.46. The quantitative estimate of drug-likeness (QED) is 0.739. The Kier molecular flexibility index (Phi) is 2.24. The van der Waals surface area contributed by atoms with E-state index in [0.29, 0.717) is 0 Å². The molecule has 1 aromatic carbocycles. The predicted octanol–water partition coefficient (Wildman–Crippen LogP) is 2.24. The van der Waals surface area contributed by atoms with E-state index in [1.54, 1.807) is 0 Å². The van der Waals surface area contributed by atoms with Gasteiger partial charge in [-0.1, -0.05) is 13.8 Å². The first-order chi connectivity index (χ1) is 8.15. The zero-order valence-electron chi connectivity index (χ0n) is 10.3. The third kappa shape index (κ3) is 1.64. The fourth-order valence-electron chi connectivity index (χ4n) is 2.60. The maximum atomic E-state index is 6.13. The maximum Gasteiger partial charge on any atom is 0.0672 e. The maximum absolute atomic E-state index is 6.13. The molecule has 1 aliphatic rings. The number of benzene rings is 1. The molecule has 0 spiro atoms. The topological polar surface area (TPSA) is 57.9 Å². The lowest BCUT2D eigenvalue weighted by molar-refractivity contribution is 0.494. The molecule has 0 amide bonds. The number of anilines is 2. The molecule has 3 N–H and O–H groups in total. The van der Waals surface area contributed by atoms with Gasteiger partial charge in [0.15, 0.2) is 0 Å². The smallest absolute Gasteiger partial charge is 0.0672 e. The van der Waals surface area contributed by atoms with Crippen LogP contribution in [0.5, 0.6) is 0 Å². The lowest BCUT2D eigenvalue weighted by Gasteiger charge is -2.20. The second kappa shape index (κ2) is 3.65. The molecule has 0 radical (unpaired) electrons. The Bertz CT molecular complexity index is 535. The summed E-state index contributed by atoms with van der Waals surface area (Å²) in [6.45, 7) is 6.78. The number of H-pyrrole nitrogens is 1. The summed E-state index contributed by atoms with van der Waals surface area (Å²) in [4.78, 5) is 2.38. The van der Waals surface area contributed by atoms with Crippen LogP contribution in [-0.4, -0.2) is 23.3 Å². The SMILES string of the molecule is CC1CN(c2cc3[nH]ncc3cc2N)CC1C. The summed E-state index contributed by atoms with van der Waals surface area (Å²) in [6.07, 6.45) is 1.81. The third-order valence-electron chi connectivity index (χ3n) is 3.92. The third-order valence-corrected chi connectivity index (χ3v) is 3.92. The molecule has 2 atom stereocenters. The van der Waals surface area contributed by atoms with E-state index in [9.17, 15) is 0 Å². The molecule has 2 heterocycles. The van der Waals surface area contributed by atoms with Crippen LogP contribution in [0.3, 0.4) is 0 Å². The van der Waals surface area contributed by atoms with Gasteiger partial charge >= 0.3 is 0 Å². The van der Waals surface area contributed by atoms with Crippen molar-refractivity contribution in [2.24, 2.45) is 11.8 Å². The normalized spacial score (nSPS) is 24.7. The molecule has 2 aromatic rings. The van der Waals surface area contributed by atoms with Gasteiger partial charge in [0.25, 0.3) is 0 Å². The second-order valence-electron chi connectivity index (χ2n) is 5.23. The first kappa shape index (κ1) is 10.4. The summed E-state index contributed by atoms with van der Waals surface area (Å²) in [5.41, 5.74) is 9.17. The molecule has 1 aliphatic heterocycles. The van der Waals surface area contributed by atoms with Gasteiger partial charge in [-0.05, 0) is 24.0 Å². The molecule has 4 nitrogen and oxygen atoms in total. The fraction of sp³-hybridized carbons (Fsp3) is 0.462. The summed E-state index contributed by atoms with van der Waals surface area (Å²) in [5, 5.41) is 8.12. The van der Waals surface area contributed by atoms with Gasteiger partial charge in [0.1, 0.15) is 0 Å². The van der Waals surface area contributed by atoms with Gasteiger partial charge in [0, 0.05) is 18.5 Å². The van der Waals surface area contributed by atoms with Crippen LogP contribution >= 0.6 is 0 Å². The van der Waals surface area contributed by atoms with Crippen LogP contribution in [-0.2, 0) is 0 Å². The Balaban J connectivity index is 2.02. The number of nitrogens with two attached hydrogens (primary N) is 1. The monoisotopic (exact) mass is 230 g/mol. The summed E-state index contributed by atoms with van der Waals surface area (Å²) >= 11 is 0. The van der Waals surface area contributed by atoms with Gasteiger partial charge in [-0.15, -0.1) is 0 Å². The Morgan fingerprint density at radius 1 is 1.29 bits per heavy atom. The van der Waals surface area contributed by atoms with E-state index < -0.39 is 0 Å². The van der Waals surface area contributed by atoms with Crippen LogP contribution in [0, 0.1) is 11.8 Å². The van der Waals surface area contributed by atoms with Crippen molar-refractivity contribution < 1.29 is 0 Å². The van der Waals surface area contributed by atoms with Crippen LogP contribution in [0.2, 0.25) is 0 Å². The summed E-state index contributed by atoms with van der Waals surface area (Å²) < 4.78 is 0. The van der Waals surface area contributed by atoms with Crippen LogP contribution in [0.15, 0.2) is 18.3 Å². The second-order valence-corrected chi connectivity index (χ2v) is 5.23. The van der Waals surface area contributed by atoms with E-state index >= 15 is 0 Å². The minimum Gasteiger partial charge on any atom is -0.397 e. The van der Waals surface area contributed by atoms with Gasteiger partial charge in [-0.25, -0.2) is 0 Å². The minimum atomic E-state index is 0.729. The van der Waals surface area contributed by atoms with E-state index in [2.05, 4.69) is 35.0 Å². The molecule has 0 aliphatic carbocycles. The molecule has 1 saturated heterocycles. The molecule has 2 unspecified atom stereocenters. The van der Waals surface area contributed by atoms with Gasteiger partial charge in [-0.3, -0.25) is 5.10 Å². The highest BCUT2D eigenvalue weighted by atomic mass is 15.2. The largest absolute Gasteiger partial charge is 0.397 e. The number of aromatic amines is 1. The zero-order chi connectivity index (χ0) is 12.0. The predicted molar refractivity (Wildman–Crippen MR) is 71.0 cm³/mol. The molecular formula is C13H18N4. The van der Waals surface area contributed by atoms with Crippen LogP contribution in [0.4, 0.5) is 11.4 Å². The van der Waals surface area contributed by atoms with Crippen LogP contribution < -0.4 is 10.6 Å². The number of nitrogens with zero attached hydrogens (tertiary/aromatic N) is 2. The highest BCUT2D eigenvalue weighted by molar-refractivity contribution is 5.89. The summed E-state index contributed by atoms with van der Waals surface area (Å²) in [6, 6.07) is 4.12. The molecule has 0 saturated carbocycles. The van der Waals surface area contributed by atoms with Gasteiger partial charge in [0.2, 0.25) is 0 Å². The number of nitrogen functional groups attached to an aromatic ring is 1. The molecule has 90 valence electrons. The van der Waals surface area contributed by atoms with E-state index in [0.717, 1.165) is 47.2 Å². The van der Waals surface area contributed by atoms with Crippen molar-refractivity contribution in [3.63, 3.8) is 0 Å². The van der Waals surface area contributed by atoms with E-state index in [1.807, 2.05) is 12.3 Å². The highest BCUT2D eigenvalue weighted by Crippen LogP contribution is 2.33. The molecule has 3 rings (SSSR count). The van der Waals surface area contributed by atoms with Crippen molar-refractivity contribution in [2.75, 3.05) is 23.7 Å². The molecular weight excluding hydrogens is 212 g/mol. The average molecular weight is 230 g/mol. The first-order valence-corrected chi connectivity index (χ1v) is 6.12. The number of rotatable bonds is 1. The lowest BCUT2D eigenvalue weighted by Crippen LogP contribution is -2.20. The van der Waals surface area contributed by atoms with Crippen molar-refractivity contribution in [1.82, 2.24) is 10.2 Å². The molecule has 1 fully saturated rings. The van der Waals surface area contributed by atoms with E-state index in [4.69, 9.17) is 5.73 Å². The molecule has 4 heteroatoms. The lowest BCUT2D eigenvalue weighted by atomic mass is 10.0. The molecule has 1 aromatic heterocycles. The molecule has 17 heavy (non-hydrogen) atoms. The number of hydrogen-bond acceptors (Lipinski definition) is 3. The number of hydrogen-bond donors (Lipinski definition) is 2. The Labute approximate surface area is 101 Å². The Morgan fingerprint density at radius 3 is 2.71 bits per heavy atom. The van der Waals surface area contributed by atoms with E-state index in [-0.39, 0.29) is 0 Å². The molecule has 0 bridgehead atoms. The van der Waals surface area contributed by atoms with Gasteiger partial charge < -0.3 is 10.6 Å². The minimum absolute atomic E-state index is 0.729. The van der Waals surface area contributed by atoms with Crippen molar-refractivity contribution in [2.45, 2.75) is 13.8 Å². The number of aromatic nitrogens is 2. The van der Waals surface area contributed by atoms with Crippen molar-refractivity contribution >= 4 is 22.3 Å². The van der Waals surface area contributed by atoms with Crippen molar-refractivity contribution in [1.29, 1.82) is 0 Å². The Hall–Kier alpha value is -1.71. The Morgan fingerprint density at radius 2 is 2.00 bits per heavy atom. The van der Waals surface area contributed by atoms with E-state index in [1.165, 1.54) is 0 Å². The first-order valence-electron chi connectivity index (χ1n) is 6.12. The fourth-order valence-corrected chi connectivity index (χ4v) is 2.60. The van der Waals surface area contributed by atoms with Crippen LogP contribution in [0.25, 0.3) is 10.9 Å². The van der Waals surface area contributed by atoms with Crippen LogP contribution in [0.1, 0.15) is 13.8 Å². The highest BCUT2D eigenvalue weighted by Gasteiger charge is 2.27. The van der Waals surface area contributed by atoms with Crippen molar-refractivity contribution in [3.8, 4) is 0 Å². The standard InChI is InChI=1S/C13H18N4/c1-8-6-17(7-9(8)2)13-4-12-10(3-11(13)14)5-15-16-12/h3-5,8-9H,6-7,14H2,1-2H3,(H,15,16). The zero-order valence-corrected chi connectivity index (χ0v) is 10.3. The average Bonchev–Trinajstić information content (AvgIpc) is 2.85. The number of nitrogens with one attached hydrogen (secondary N) is 1. The number of fused-ring (bicyclic) bond motifs is 1. The van der Waals surface area contributed by atoms with Gasteiger partial charge in [-0.2, -0.15) is 5.10 Å². The van der Waals surface area contributed by atoms with Crippen molar-refractivity contribution in [3.05, 3.63) is 18.3 Å². The summed E-state index contributed by atoms with van der Waals surface area (Å²) in [7, 11) is 0. The van der Waals surface area contributed by atoms with Gasteiger partial charge in [0.05, 0.1) is 23.1 Å².